The van der Waals surface area contributed by atoms with E-state index in [1.165, 1.54) is 0 Å². The maximum Gasteiger partial charge on any atom is 0.151 e. The number of anilines is 2. The van der Waals surface area contributed by atoms with Gasteiger partial charge >= 0.3 is 0 Å². The smallest absolute Gasteiger partial charge is 0.151 e. The minimum absolute atomic E-state index is 0.213. The molecule has 2 rings (SSSR count). The van der Waals surface area contributed by atoms with E-state index in [0.717, 1.165) is 29.9 Å². The highest BCUT2D eigenvalue weighted by Crippen LogP contribution is 2.31. The number of nitrogens with two attached hydrogens (primary N) is 1. The third-order valence-electron chi connectivity index (χ3n) is 3.27. The fraction of sp³-hybridized carbons (Fsp3) is 0.500. The van der Waals surface area contributed by atoms with Crippen molar-refractivity contribution in [3.05, 3.63) is 23.8 Å². The lowest BCUT2D eigenvalue weighted by Crippen LogP contribution is -2.28. The predicted octanol–water partition coefficient (Wildman–Crippen LogP) is 1.07. The van der Waals surface area contributed by atoms with Crippen molar-refractivity contribution >= 4 is 21.2 Å². The zero-order valence-electron chi connectivity index (χ0n) is 10.0. The first-order valence-corrected chi connectivity index (χ1v) is 7.68. The molecule has 0 radical (unpaired) electrons. The van der Waals surface area contributed by atoms with Crippen molar-refractivity contribution in [3.63, 3.8) is 0 Å². The zero-order valence-corrected chi connectivity index (χ0v) is 10.8. The Labute approximate surface area is 102 Å². The average Bonchev–Trinajstić information content (AvgIpc) is 2.71. The fourth-order valence-electron chi connectivity index (χ4n) is 2.15. The number of nitrogens with zero attached hydrogens (tertiary/aromatic N) is 1. The van der Waals surface area contributed by atoms with Gasteiger partial charge in [0.15, 0.2) is 9.84 Å². The van der Waals surface area contributed by atoms with Crippen LogP contribution in [0.25, 0.3) is 0 Å². The van der Waals surface area contributed by atoms with Crippen molar-refractivity contribution in [2.75, 3.05) is 35.2 Å². The van der Waals surface area contributed by atoms with E-state index in [9.17, 15) is 8.42 Å². The van der Waals surface area contributed by atoms with Gasteiger partial charge in [0.25, 0.3) is 0 Å². The minimum atomic E-state index is -2.89. The van der Waals surface area contributed by atoms with E-state index in [1.54, 1.807) is 6.92 Å². The molecule has 0 bridgehead atoms. The predicted molar refractivity (Wildman–Crippen MR) is 71.1 cm³/mol. The fourth-order valence-corrected chi connectivity index (χ4v) is 2.94. The molecule has 0 aromatic heterocycles. The lowest BCUT2D eigenvalue weighted by Gasteiger charge is -2.19. The number of hydrogen-bond acceptors (Lipinski definition) is 4. The second kappa shape index (κ2) is 4.56. The van der Waals surface area contributed by atoms with Crippen molar-refractivity contribution in [2.24, 2.45) is 0 Å². The van der Waals surface area contributed by atoms with E-state index in [2.05, 4.69) is 4.90 Å². The summed E-state index contributed by atoms with van der Waals surface area (Å²) in [6, 6.07) is 5.82. The van der Waals surface area contributed by atoms with E-state index in [-0.39, 0.29) is 11.5 Å². The highest BCUT2D eigenvalue weighted by molar-refractivity contribution is 7.91. The highest BCUT2D eigenvalue weighted by Gasteiger charge is 2.21. The number of hydrogen-bond donors (Lipinski definition) is 1. The van der Waals surface area contributed by atoms with Crippen molar-refractivity contribution in [1.82, 2.24) is 0 Å². The summed E-state index contributed by atoms with van der Waals surface area (Å²) in [4.78, 5) is 2.11. The van der Waals surface area contributed by atoms with Crippen LogP contribution in [0.3, 0.4) is 0 Å². The average molecular weight is 254 g/mol. The highest BCUT2D eigenvalue weighted by atomic mass is 32.2. The van der Waals surface area contributed by atoms with Crippen LogP contribution in [0.4, 0.5) is 11.4 Å². The van der Waals surface area contributed by atoms with Gasteiger partial charge in [-0.15, -0.1) is 0 Å². The summed E-state index contributed by atoms with van der Waals surface area (Å²) in [5, 5.41) is 0. The maximum atomic E-state index is 11.5. The molecular formula is C12H18N2O2S. The topological polar surface area (TPSA) is 63.4 Å². The van der Waals surface area contributed by atoms with Gasteiger partial charge in [0.05, 0.1) is 5.75 Å². The molecule has 0 amide bonds. The van der Waals surface area contributed by atoms with Gasteiger partial charge in [-0.3, -0.25) is 0 Å². The molecule has 1 aromatic rings. The number of fused-ring (bicyclic) bond motifs is 1. The number of sulfone groups is 1. The summed E-state index contributed by atoms with van der Waals surface area (Å²) in [7, 11) is -2.89. The Kier molecular flexibility index (Phi) is 3.28. The Bertz CT molecular complexity index is 511. The molecule has 0 fully saturated rings. The second-order valence-corrected chi connectivity index (χ2v) is 6.79. The largest absolute Gasteiger partial charge is 0.398 e. The molecule has 0 unspecified atom stereocenters. The molecule has 0 aliphatic carbocycles. The molecule has 0 atom stereocenters. The van der Waals surface area contributed by atoms with E-state index in [4.69, 9.17) is 5.73 Å². The van der Waals surface area contributed by atoms with Gasteiger partial charge in [-0.05, 0) is 18.6 Å². The van der Waals surface area contributed by atoms with Gasteiger partial charge in [-0.25, -0.2) is 8.42 Å². The summed E-state index contributed by atoms with van der Waals surface area (Å²) in [5.74, 6) is 0.433. The Morgan fingerprint density at radius 3 is 2.88 bits per heavy atom. The number of rotatable bonds is 4. The lowest BCUT2D eigenvalue weighted by atomic mass is 10.1. The Balaban J connectivity index is 2.11. The summed E-state index contributed by atoms with van der Waals surface area (Å²) in [6.45, 7) is 3.11. The summed E-state index contributed by atoms with van der Waals surface area (Å²) in [6.07, 6.45) is 0.911. The number of benzene rings is 1. The summed E-state index contributed by atoms with van der Waals surface area (Å²) in [5.41, 5.74) is 8.95. The molecule has 1 aliphatic rings. The van der Waals surface area contributed by atoms with Gasteiger partial charge in [-0.2, -0.15) is 0 Å². The first-order chi connectivity index (χ1) is 8.03. The van der Waals surface area contributed by atoms with Crippen molar-refractivity contribution in [1.29, 1.82) is 0 Å². The minimum Gasteiger partial charge on any atom is -0.398 e. The van der Waals surface area contributed by atoms with Crippen LogP contribution in [0.1, 0.15) is 12.5 Å². The van der Waals surface area contributed by atoms with Crippen LogP contribution in [-0.2, 0) is 16.3 Å². The van der Waals surface area contributed by atoms with Crippen LogP contribution in [-0.4, -0.2) is 33.0 Å². The van der Waals surface area contributed by atoms with Gasteiger partial charge in [-0.1, -0.05) is 13.0 Å². The normalized spacial score (nSPS) is 15.0. The molecular weight excluding hydrogens is 236 g/mol. The van der Waals surface area contributed by atoms with Gasteiger partial charge < -0.3 is 10.6 Å². The van der Waals surface area contributed by atoms with E-state index >= 15 is 0 Å². The Hall–Kier alpha value is -1.23. The Morgan fingerprint density at radius 2 is 2.18 bits per heavy atom. The lowest BCUT2D eigenvalue weighted by molar-refractivity contribution is 0.596. The van der Waals surface area contributed by atoms with Crippen molar-refractivity contribution < 1.29 is 8.42 Å². The molecule has 0 saturated heterocycles. The van der Waals surface area contributed by atoms with Crippen LogP contribution in [0.5, 0.6) is 0 Å². The number of nitrogen functional groups attached to an aromatic ring is 1. The molecule has 5 heteroatoms. The molecule has 1 aromatic carbocycles. The summed E-state index contributed by atoms with van der Waals surface area (Å²) >= 11 is 0. The van der Waals surface area contributed by atoms with Crippen LogP contribution >= 0.6 is 0 Å². The van der Waals surface area contributed by atoms with Gasteiger partial charge in [0, 0.05) is 35.8 Å². The molecule has 1 aliphatic heterocycles. The van der Waals surface area contributed by atoms with Crippen LogP contribution in [0.15, 0.2) is 18.2 Å². The van der Waals surface area contributed by atoms with Gasteiger partial charge in [0.2, 0.25) is 0 Å². The molecule has 2 N–H and O–H groups in total. The quantitative estimate of drug-likeness (QED) is 0.816. The third kappa shape index (κ3) is 2.54. The summed E-state index contributed by atoms with van der Waals surface area (Å²) < 4.78 is 23.0. The third-order valence-corrected chi connectivity index (χ3v) is 4.96. The Morgan fingerprint density at radius 1 is 1.41 bits per heavy atom. The van der Waals surface area contributed by atoms with Crippen molar-refractivity contribution in [2.45, 2.75) is 13.3 Å². The van der Waals surface area contributed by atoms with Crippen molar-refractivity contribution in [3.8, 4) is 0 Å². The van der Waals surface area contributed by atoms with Crippen LogP contribution < -0.4 is 10.6 Å². The molecule has 17 heavy (non-hydrogen) atoms. The first kappa shape index (κ1) is 12.2. The zero-order chi connectivity index (χ0) is 12.5. The molecule has 0 saturated carbocycles. The monoisotopic (exact) mass is 254 g/mol. The molecule has 0 spiro atoms. The van der Waals surface area contributed by atoms with E-state index in [1.807, 2.05) is 18.2 Å². The first-order valence-electron chi connectivity index (χ1n) is 5.86. The van der Waals surface area contributed by atoms with Crippen LogP contribution in [0.2, 0.25) is 0 Å². The standard InChI is InChI=1S/C12H18N2O2S/c1-2-17(15,16)9-8-14-7-6-10-11(13)4-3-5-12(10)14/h3-5H,2,6-9,13H2,1H3. The molecule has 1 heterocycles. The van der Waals surface area contributed by atoms with Gasteiger partial charge in [0.1, 0.15) is 0 Å². The maximum absolute atomic E-state index is 11.5. The van der Waals surface area contributed by atoms with E-state index < -0.39 is 9.84 Å². The second-order valence-electron chi connectivity index (χ2n) is 4.32. The SMILES string of the molecule is CCS(=O)(=O)CCN1CCc2c(N)cccc21. The molecule has 4 nitrogen and oxygen atoms in total. The van der Waals surface area contributed by atoms with Crippen LogP contribution in [0, 0.1) is 0 Å². The molecule has 94 valence electrons. The van der Waals surface area contributed by atoms with E-state index in [0.29, 0.717) is 6.54 Å².